The van der Waals surface area contributed by atoms with Crippen LogP contribution in [0.25, 0.3) is 0 Å². The maximum Gasteiger partial charge on any atom is 0.408 e. The van der Waals surface area contributed by atoms with E-state index in [4.69, 9.17) is 14.2 Å². The first-order chi connectivity index (χ1) is 10.0. The summed E-state index contributed by atoms with van der Waals surface area (Å²) in [4.78, 5) is 22.8. The number of nitrogens with one attached hydrogen (secondary N) is 1. The monoisotopic (exact) mass is 295 g/mol. The first-order valence-electron chi connectivity index (χ1n) is 6.02. The van der Waals surface area contributed by atoms with Crippen molar-refractivity contribution in [2.45, 2.75) is 6.04 Å². The van der Waals surface area contributed by atoms with E-state index in [9.17, 15) is 14.7 Å². The van der Waals surface area contributed by atoms with Gasteiger partial charge in [0.25, 0.3) is 0 Å². The van der Waals surface area contributed by atoms with Crippen LogP contribution in [-0.4, -0.2) is 38.0 Å². The van der Waals surface area contributed by atoms with E-state index in [1.807, 2.05) is 0 Å². The van der Waals surface area contributed by atoms with Crippen LogP contribution in [-0.2, 0) is 9.53 Å². The Morgan fingerprint density at radius 3 is 2.52 bits per heavy atom. The van der Waals surface area contributed by atoms with Gasteiger partial charge in [-0.2, -0.15) is 0 Å². The molecule has 0 aliphatic heterocycles. The number of methoxy groups -OCH3 is 2. The van der Waals surface area contributed by atoms with Crippen molar-refractivity contribution in [2.75, 3.05) is 20.8 Å². The van der Waals surface area contributed by atoms with Gasteiger partial charge in [0.05, 0.1) is 14.2 Å². The first kappa shape index (κ1) is 16.4. The molecule has 21 heavy (non-hydrogen) atoms. The molecule has 7 heteroatoms. The summed E-state index contributed by atoms with van der Waals surface area (Å²) in [6.45, 7) is 3.39. The van der Waals surface area contributed by atoms with E-state index >= 15 is 0 Å². The molecule has 0 saturated heterocycles. The van der Waals surface area contributed by atoms with Crippen molar-refractivity contribution in [3.05, 3.63) is 36.4 Å². The van der Waals surface area contributed by atoms with Gasteiger partial charge in [-0.1, -0.05) is 18.7 Å². The normalized spacial score (nSPS) is 11.1. The third-order valence-corrected chi connectivity index (χ3v) is 2.58. The summed E-state index contributed by atoms with van der Waals surface area (Å²) in [5.74, 6) is -0.403. The molecule has 0 radical (unpaired) electrons. The smallest absolute Gasteiger partial charge is 0.408 e. The predicted octanol–water partition coefficient (Wildman–Crippen LogP) is 1.74. The second-order valence-corrected chi connectivity index (χ2v) is 3.92. The highest BCUT2D eigenvalue weighted by Crippen LogP contribution is 2.30. The number of rotatable bonds is 7. The van der Waals surface area contributed by atoms with E-state index in [1.165, 1.54) is 32.4 Å². The van der Waals surface area contributed by atoms with Crippen LogP contribution in [0.15, 0.2) is 30.9 Å². The number of benzene rings is 1. The number of carbonyl (C=O) groups is 2. The standard InChI is InChI=1S/C14H17NO6/c1-4-7-21-14(18)15-12(13(16)17)9-5-6-10(19-2)11(8-9)20-3/h4-6,8,12H,1,7H2,2-3H3,(H,15,18)(H,16,17). The Hall–Kier alpha value is -2.70. The summed E-state index contributed by atoms with van der Waals surface area (Å²) in [6, 6.07) is 3.29. The van der Waals surface area contributed by atoms with Crippen molar-refractivity contribution in [1.29, 1.82) is 0 Å². The maximum absolute atomic E-state index is 11.5. The van der Waals surface area contributed by atoms with Crippen LogP contribution in [0.2, 0.25) is 0 Å². The van der Waals surface area contributed by atoms with Gasteiger partial charge in [0.2, 0.25) is 0 Å². The van der Waals surface area contributed by atoms with Crippen LogP contribution in [0.5, 0.6) is 11.5 Å². The fourth-order valence-corrected chi connectivity index (χ4v) is 1.61. The van der Waals surface area contributed by atoms with E-state index in [0.717, 1.165) is 0 Å². The van der Waals surface area contributed by atoms with Gasteiger partial charge < -0.3 is 24.6 Å². The van der Waals surface area contributed by atoms with Crippen molar-refractivity contribution in [3.63, 3.8) is 0 Å². The Morgan fingerprint density at radius 1 is 1.33 bits per heavy atom. The quantitative estimate of drug-likeness (QED) is 0.744. The second kappa shape index (κ2) is 7.78. The third-order valence-electron chi connectivity index (χ3n) is 2.58. The molecule has 0 aliphatic carbocycles. The Labute approximate surface area is 122 Å². The Kier molecular flexibility index (Phi) is 6.06. The average molecular weight is 295 g/mol. The molecule has 1 amide bonds. The average Bonchev–Trinajstić information content (AvgIpc) is 2.49. The Morgan fingerprint density at radius 2 is 2.00 bits per heavy atom. The summed E-state index contributed by atoms with van der Waals surface area (Å²) >= 11 is 0. The molecule has 0 bridgehead atoms. The lowest BCUT2D eigenvalue weighted by molar-refractivity contribution is -0.139. The highest BCUT2D eigenvalue weighted by atomic mass is 16.5. The van der Waals surface area contributed by atoms with Crippen molar-refractivity contribution >= 4 is 12.1 Å². The molecule has 0 spiro atoms. The van der Waals surface area contributed by atoms with Gasteiger partial charge in [0, 0.05) is 0 Å². The number of aliphatic carboxylic acids is 1. The van der Waals surface area contributed by atoms with Gasteiger partial charge in [-0.3, -0.25) is 0 Å². The number of carboxylic acids is 1. The maximum atomic E-state index is 11.5. The number of alkyl carbamates (subject to hydrolysis) is 1. The van der Waals surface area contributed by atoms with E-state index in [2.05, 4.69) is 11.9 Å². The zero-order valence-electron chi connectivity index (χ0n) is 11.8. The van der Waals surface area contributed by atoms with Crippen LogP contribution in [0.4, 0.5) is 4.79 Å². The zero-order valence-corrected chi connectivity index (χ0v) is 11.8. The Balaban J connectivity index is 2.98. The molecule has 0 aliphatic rings. The highest BCUT2D eigenvalue weighted by molar-refractivity contribution is 5.81. The molecule has 0 fully saturated rings. The molecule has 2 N–H and O–H groups in total. The number of hydrogen-bond donors (Lipinski definition) is 2. The lowest BCUT2D eigenvalue weighted by Crippen LogP contribution is -2.34. The summed E-state index contributed by atoms with van der Waals surface area (Å²) < 4.78 is 14.9. The minimum atomic E-state index is -1.26. The molecule has 1 aromatic carbocycles. The number of carbonyl (C=O) groups excluding carboxylic acids is 1. The van der Waals surface area contributed by atoms with Crippen molar-refractivity contribution in [1.82, 2.24) is 5.32 Å². The van der Waals surface area contributed by atoms with E-state index < -0.39 is 18.1 Å². The van der Waals surface area contributed by atoms with Gasteiger partial charge in [-0.15, -0.1) is 0 Å². The topological polar surface area (TPSA) is 94.1 Å². The minimum Gasteiger partial charge on any atom is -0.493 e. The molecule has 1 rings (SSSR count). The molecule has 1 aromatic rings. The van der Waals surface area contributed by atoms with E-state index in [0.29, 0.717) is 17.1 Å². The minimum absolute atomic E-state index is 0.00982. The lowest BCUT2D eigenvalue weighted by atomic mass is 10.1. The Bertz CT molecular complexity index is 528. The zero-order chi connectivity index (χ0) is 15.8. The number of carboxylic acid groups (broad SMARTS) is 1. The van der Waals surface area contributed by atoms with Gasteiger partial charge in [0.15, 0.2) is 17.5 Å². The molecule has 7 nitrogen and oxygen atoms in total. The van der Waals surface area contributed by atoms with Crippen molar-refractivity contribution in [2.24, 2.45) is 0 Å². The number of amides is 1. The van der Waals surface area contributed by atoms with Crippen LogP contribution < -0.4 is 14.8 Å². The predicted molar refractivity (Wildman–Crippen MR) is 74.6 cm³/mol. The summed E-state index contributed by atoms with van der Waals surface area (Å²) in [5, 5.41) is 11.5. The van der Waals surface area contributed by atoms with Crippen LogP contribution in [0, 0.1) is 0 Å². The molecule has 0 heterocycles. The van der Waals surface area contributed by atoms with Crippen molar-refractivity contribution < 1.29 is 28.9 Å². The highest BCUT2D eigenvalue weighted by Gasteiger charge is 2.24. The lowest BCUT2D eigenvalue weighted by Gasteiger charge is -2.16. The van der Waals surface area contributed by atoms with E-state index in [1.54, 1.807) is 6.07 Å². The third kappa shape index (κ3) is 4.41. The fraction of sp³-hybridized carbons (Fsp3) is 0.286. The van der Waals surface area contributed by atoms with Gasteiger partial charge in [0.1, 0.15) is 6.61 Å². The van der Waals surface area contributed by atoms with Gasteiger partial charge in [-0.25, -0.2) is 9.59 Å². The van der Waals surface area contributed by atoms with Crippen LogP contribution in [0.1, 0.15) is 11.6 Å². The number of hydrogen-bond acceptors (Lipinski definition) is 5. The molecular formula is C14H17NO6. The molecule has 0 saturated carbocycles. The largest absolute Gasteiger partial charge is 0.493 e. The molecule has 114 valence electrons. The van der Waals surface area contributed by atoms with Crippen LogP contribution >= 0.6 is 0 Å². The fourth-order valence-electron chi connectivity index (χ4n) is 1.61. The summed E-state index contributed by atoms with van der Waals surface area (Å²) in [7, 11) is 2.90. The van der Waals surface area contributed by atoms with E-state index in [-0.39, 0.29) is 6.61 Å². The molecule has 1 unspecified atom stereocenters. The molecular weight excluding hydrogens is 278 g/mol. The molecule has 0 aromatic heterocycles. The second-order valence-electron chi connectivity index (χ2n) is 3.92. The number of ether oxygens (including phenoxy) is 3. The summed E-state index contributed by atoms with van der Waals surface area (Å²) in [6.07, 6.45) is 0.531. The van der Waals surface area contributed by atoms with Gasteiger partial charge >= 0.3 is 12.1 Å². The summed E-state index contributed by atoms with van der Waals surface area (Å²) in [5.41, 5.74) is 0.329. The van der Waals surface area contributed by atoms with Crippen molar-refractivity contribution in [3.8, 4) is 11.5 Å². The van der Waals surface area contributed by atoms with Crippen LogP contribution in [0.3, 0.4) is 0 Å². The van der Waals surface area contributed by atoms with Gasteiger partial charge in [-0.05, 0) is 17.7 Å². The molecule has 1 atom stereocenters. The SMILES string of the molecule is C=CCOC(=O)NC(C(=O)O)c1ccc(OC)c(OC)c1. The first-order valence-corrected chi connectivity index (χ1v) is 6.02.